The summed E-state index contributed by atoms with van der Waals surface area (Å²) in [5, 5.41) is 0. The third-order valence-electron chi connectivity index (χ3n) is 4.44. The second-order valence-corrected chi connectivity index (χ2v) is 8.27. The van der Waals surface area contributed by atoms with Gasteiger partial charge in [-0.15, -0.1) is 12.4 Å². The standard InChI is InChI=1S/C19H18F4N4O2S.ClH/c1-25-30(28,29)15-4-2-3-12(7-15)16-8-13(19(21,22)23)9-17-18(16)26-11-27(17)10-14(20)5-6-24;/h2-5,7-9,11,25H,6,10,24H2,1H3;1H. The Balaban J connectivity index is 0.00000341. The maximum Gasteiger partial charge on any atom is 0.416 e. The Bertz CT molecular complexity index is 1220. The molecule has 0 unspecified atom stereocenters. The van der Waals surface area contributed by atoms with Gasteiger partial charge in [0.25, 0.3) is 0 Å². The minimum Gasteiger partial charge on any atom is -0.327 e. The minimum absolute atomic E-state index is 0. The van der Waals surface area contributed by atoms with E-state index >= 15 is 0 Å². The van der Waals surface area contributed by atoms with Crippen molar-refractivity contribution in [2.45, 2.75) is 17.6 Å². The van der Waals surface area contributed by atoms with E-state index in [4.69, 9.17) is 5.73 Å². The van der Waals surface area contributed by atoms with Gasteiger partial charge in [-0.3, -0.25) is 0 Å². The molecule has 0 radical (unpaired) electrons. The number of nitrogens with one attached hydrogen (secondary N) is 1. The van der Waals surface area contributed by atoms with E-state index in [1.807, 2.05) is 0 Å². The van der Waals surface area contributed by atoms with Crippen LogP contribution in [-0.2, 0) is 22.7 Å². The summed E-state index contributed by atoms with van der Waals surface area (Å²) < 4.78 is 82.1. The first-order chi connectivity index (χ1) is 14.1. The molecular weight excluding hydrogens is 460 g/mol. The topological polar surface area (TPSA) is 90.0 Å². The normalized spacial score (nSPS) is 12.8. The smallest absolute Gasteiger partial charge is 0.327 e. The van der Waals surface area contributed by atoms with Gasteiger partial charge in [0, 0.05) is 12.1 Å². The van der Waals surface area contributed by atoms with Crippen LogP contribution in [0.1, 0.15) is 5.56 Å². The number of aromatic nitrogens is 2. The number of allylic oxidation sites excluding steroid dienone is 1. The average Bonchev–Trinajstić information content (AvgIpc) is 3.09. The van der Waals surface area contributed by atoms with Crippen LogP contribution in [0.25, 0.3) is 22.2 Å². The van der Waals surface area contributed by atoms with Crippen molar-refractivity contribution in [1.29, 1.82) is 0 Å². The highest BCUT2D eigenvalue weighted by atomic mass is 35.5. The third-order valence-corrected chi connectivity index (χ3v) is 5.85. The quantitative estimate of drug-likeness (QED) is 0.526. The monoisotopic (exact) mass is 478 g/mol. The maximum absolute atomic E-state index is 13.9. The Kier molecular flexibility index (Phi) is 7.48. The predicted octanol–water partition coefficient (Wildman–Crippen LogP) is 3.86. The number of hydrogen-bond donors (Lipinski definition) is 2. The first kappa shape index (κ1) is 24.8. The van der Waals surface area contributed by atoms with Crippen LogP contribution in [0.15, 0.2) is 59.5 Å². The molecule has 31 heavy (non-hydrogen) atoms. The number of sulfonamides is 1. The molecule has 0 aliphatic rings. The fourth-order valence-electron chi connectivity index (χ4n) is 2.98. The number of halogens is 5. The van der Waals surface area contributed by atoms with Gasteiger partial charge in [-0.1, -0.05) is 12.1 Å². The molecule has 0 spiro atoms. The number of rotatable bonds is 6. The van der Waals surface area contributed by atoms with E-state index in [-0.39, 0.29) is 52.6 Å². The molecule has 3 rings (SSSR count). The maximum atomic E-state index is 13.9. The molecule has 0 aliphatic carbocycles. The highest BCUT2D eigenvalue weighted by molar-refractivity contribution is 7.89. The van der Waals surface area contributed by atoms with E-state index in [9.17, 15) is 26.0 Å². The van der Waals surface area contributed by atoms with E-state index in [0.29, 0.717) is 0 Å². The molecule has 0 saturated heterocycles. The molecule has 1 heterocycles. The van der Waals surface area contributed by atoms with Crippen LogP contribution in [0.3, 0.4) is 0 Å². The summed E-state index contributed by atoms with van der Waals surface area (Å²) in [6.07, 6.45) is -2.32. The Morgan fingerprint density at radius 2 is 1.97 bits per heavy atom. The molecule has 6 nitrogen and oxygen atoms in total. The van der Waals surface area contributed by atoms with Crippen molar-refractivity contribution in [2.24, 2.45) is 5.73 Å². The second-order valence-electron chi connectivity index (χ2n) is 6.38. The Morgan fingerprint density at radius 3 is 2.58 bits per heavy atom. The molecule has 0 saturated carbocycles. The van der Waals surface area contributed by atoms with Gasteiger partial charge >= 0.3 is 6.18 Å². The van der Waals surface area contributed by atoms with Crippen LogP contribution in [0.4, 0.5) is 17.6 Å². The lowest BCUT2D eigenvalue weighted by atomic mass is 10.0. The van der Waals surface area contributed by atoms with Gasteiger partial charge in [-0.2, -0.15) is 13.2 Å². The summed E-state index contributed by atoms with van der Waals surface area (Å²) in [5.74, 6) is -0.613. The number of fused-ring (bicyclic) bond motifs is 1. The minimum atomic E-state index is -4.67. The van der Waals surface area contributed by atoms with E-state index in [2.05, 4.69) is 9.71 Å². The third kappa shape index (κ3) is 5.24. The number of benzene rings is 2. The van der Waals surface area contributed by atoms with Crippen molar-refractivity contribution in [3.63, 3.8) is 0 Å². The van der Waals surface area contributed by atoms with Gasteiger partial charge in [-0.05, 0) is 43.0 Å². The summed E-state index contributed by atoms with van der Waals surface area (Å²) in [6, 6.07) is 7.27. The molecule has 168 valence electrons. The van der Waals surface area contributed by atoms with Gasteiger partial charge in [0.05, 0.1) is 34.4 Å². The van der Waals surface area contributed by atoms with Gasteiger partial charge in [0.15, 0.2) is 0 Å². The molecule has 1 aromatic heterocycles. The molecular formula is C19H19ClF4N4O2S. The number of hydrogen-bond acceptors (Lipinski definition) is 4. The van der Waals surface area contributed by atoms with Crippen LogP contribution < -0.4 is 10.5 Å². The van der Waals surface area contributed by atoms with E-state index in [1.54, 1.807) is 0 Å². The van der Waals surface area contributed by atoms with Crippen molar-refractivity contribution in [3.05, 3.63) is 60.2 Å². The highest BCUT2D eigenvalue weighted by Crippen LogP contribution is 2.37. The summed E-state index contributed by atoms with van der Waals surface area (Å²) in [5.41, 5.74) is 4.85. The number of nitrogens with two attached hydrogens (primary N) is 1. The van der Waals surface area contributed by atoms with Crippen molar-refractivity contribution in [3.8, 4) is 11.1 Å². The average molecular weight is 479 g/mol. The predicted molar refractivity (Wildman–Crippen MR) is 112 cm³/mol. The zero-order valence-corrected chi connectivity index (χ0v) is 17.8. The molecule has 0 aliphatic heterocycles. The summed E-state index contributed by atoms with van der Waals surface area (Å²) in [6.45, 7) is -0.382. The Hall–Kier alpha value is -2.47. The lowest BCUT2D eigenvalue weighted by Crippen LogP contribution is -2.18. The van der Waals surface area contributed by atoms with Crippen LogP contribution in [0, 0.1) is 0 Å². The highest BCUT2D eigenvalue weighted by Gasteiger charge is 2.32. The molecule has 0 amide bonds. The van der Waals surface area contributed by atoms with Gasteiger partial charge < -0.3 is 10.3 Å². The van der Waals surface area contributed by atoms with Gasteiger partial charge in [0.2, 0.25) is 10.0 Å². The molecule has 3 aromatic rings. The molecule has 2 aromatic carbocycles. The van der Waals surface area contributed by atoms with Crippen molar-refractivity contribution in [2.75, 3.05) is 13.6 Å². The lowest BCUT2D eigenvalue weighted by molar-refractivity contribution is -0.137. The van der Waals surface area contributed by atoms with Gasteiger partial charge in [-0.25, -0.2) is 22.5 Å². The van der Waals surface area contributed by atoms with Crippen molar-refractivity contribution in [1.82, 2.24) is 14.3 Å². The first-order valence-electron chi connectivity index (χ1n) is 8.71. The number of nitrogens with zero attached hydrogens (tertiary/aromatic N) is 2. The van der Waals surface area contributed by atoms with Gasteiger partial charge in [0.1, 0.15) is 5.83 Å². The number of imidazole rings is 1. The Labute approximate surface area is 182 Å². The molecule has 3 N–H and O–H groups in total. The molecule has 0 atom stereocenters. The zero-order valence-electron chi connectivity index (χ0n) is 16.1. The van der Waals surface area contributed by atoms with Crippen LogP contribution in [0.2, 0.25) is 0 Å². The summed E-state index contributed by atoms with van der Waals surface area (Å²) in [7, 11) is -2.57. The van der Waals surface area contributed by atoms with E-state index < -0.39 is 27.6 Å². The van der Waals surface area contributed by atoms with Crippen molar-refractivity contribution >= 4 is 33.5 Å². The van der Waals surface area contributed by atoms with E-state index in [0.717, 1.165) is 18.2 Å². The largest absolute Gasteiger partial charge is 0.416 e. The van der Waals surface area contributed by atoms with Crippen LogP contribution >= 0.6 is 12.4 Å². The second kappa shape index (κ2) is 9.35. The van der Waals surface area contributed by atoms with Crippen LogP contribution in [0.5, 0.6) is 0 Å². The summed E-state index contributed by atoms with van der Waals surface area (Å²) >= 11 is 0. The summed E-state index contributed by atoms with van der Waals surface area (Å²) in [4.78, 5) is 4.04. The molecule has 12 heteroatoms. The fourth-order valence-corrected chi connectivity index (χ4v) is 3.75. The van der Waals surface area contributed by atoms with E-state index in [1.165, 1.54) is 42.2 Å². The lowest BCUT2D eigenvalue weighted by Gasteiger charge is -2.12. The fraction of sp³-hybridized carbons (Fsp3) is 0.211. The SMILES string of the molecule is CNS(=O)(=O)c1cccc(-c2cc(C(F)(F)F)cc3c2ncn3CC(F)=CCN)c1.Cl. The Morgan fingerprint density at radius 1 is 1.26 bits per heavy atom. The first-order valence-corrected chi connectivity index (χ1v) is 10.2. The molecule has 0 bridgehead atoms. The zero-order chi connectivity index (χ0) is 22.1. The molecule has 0 fully saturated rings. The van der Waals surface area contributed by atoms with Crippen molar-refractivity contribution < 1.29 is 26.0 Å². The van der Waals surface area contributed by atoms with Crippen LogP contribution in [-0.4, -0.2) is 31.6 Å². The number of alkyl halides is 3.